The Morgan fingerprint density at radius 2 is 2.10 bits per heavy atom. The summed E-state index contributed by atoms with van der Waals surface area (Å²) in [6.07, 6.45) is 0.314. The van der Waals surface area contributed by atoms with Crippen molar-refractivity contribution < 1.29 is 9.53 Å². The molecule has 58 valence electrons. The van der Waals surface area contributed by atoms with E-state index in [2.05, 4.69) is 0 Å². The number of aldehydes is 1. The van der Waals surface area contributed by atoms with Gasteiger partial charge in [-0.1, -0.05) is 0 Å². The summed E-state index contributed by atoms with van der Waals surface area (Å²) in [6, 6.07) is 0. The van der Waals surface area contributed by atoms with Gasteiger partial charge >= 0.3 is 0 Å². The van der Waals surface area contributed by atoms with Crippen LogP contribution in [0, 0.1) is 0 Å². The van der Waals surface area contributed by atoms with Gasteiger partial charge in [0.2, 0.25) is 0 Å². The van der Waals surface area contributed by atoms with Crippen molar-refractivity contribution in [3.63, 3.8) is 0 Å². The zero-order valence-corrected chi connectivity index (χ0v) is 5.82. The number of nitrogens with zero attached hydrogens (tertiary/aromatic N) is 1. The van der Waals surface area contributed by atoms with Gasteiger partial charge in [0.05, 0.1) is 13.2 Å². The second-order valence-electron chi connectivity index (χ2n) is 2.28. The zero-order chi connectivity index (χ0) is 7.40. The maximum absolute atomic E-state index is 10.2. The minimum absolute atomic E-state index is 0.441. The third kappa shape index (κ3) is 1.76. The van der Waals surface area contributed by atoms with E-state index in [1.54, 1.807) is 0 Å². The third-order valence-electron chi connectivity index (χ3n) is 1.61. The Bertz CT molecular complexity index is 112. The molecule has 4 nitrogen and oxygen atoms in total. The summed E-state index contributed by atoms with van der Waals surface area (Å²) >= 11 is 0. The average molecular weight is 144 g/mol. The highest BCUT2D eigenvalue weighted by Crippen LogP contribution is 1.96. The molecule has 1 aliphatic heterocycles. The summed E-state index contributed by atoms with van der Waals surface area (Å²) in [4.78, 5) is 12.1. The fraction of sp³-hybridized carbons (Fsp3) is 0.833. The highest BCUT2D eigenvalue weighted by Gasteiger charge is 2.15. The predicted octanol–water partition coefficient (Wildman–Crippen LogP) is -1.20. The number of ether oxygens (including phenoxy) is 1. The molecule has 0 radical (unpaired) electrons. The van der Waals surface area contributed by atoms with E-state index in [-0.39, 0.29) is 0 Å². The molecule has 0 aromatic heterocycles. The molecule has 1 aliphatic rings. The third-order valence-corrected chi connectivity index (χ3v) is 1.61. The van der Waals surface area contributed by atoms with Crippen LogP contribution in [0.1, 0.15) is 0 Å². The lowest BCUT2D eigenvalue weighted by Gasteiger charge is -2.28. The fourth-order valence-corrected chi connectivity index (χ4v) is 0.962. The van der Waals surface area contributed by atoms with Crippen molar-refractivity contribution in [1.82, 2.24) is 4.90 Å². The van der Waals surface area contributed by atoms with Crippen molar-refractivity contribution in [2.24, 2.45) is 5.73 Å². The molecule has 2 N–H and O–H groups in total. The molecule has 0 amide bonds. The van der Waals surface area contributed by atoms with E-state index in [1.165, 1.54) is 0 Å². The summed E-state index contributed by atoms with van der Waals surface area (Å²) in [6.45, 7) is 2.89. The minimum Gasteiger partial charge on any atom is -0.379 e. The Kier molecular flexibility index (Phi) is 2.80. The summed E-state index contributed by atoms with van der Waals surface area (Å²) in [5, 5.41) is 0. The van der Waals surface area contributed by atoms with Gasteiger partial charge in [-0.15, -0.1) is 0 Å². The molecule has 0 spiro atoms. The van der Waals surface area contributed by atoms with E-state index in [1.807, 2.05) is 4.90 Å². The fourth-order valence-electron chi connectivity index (χ4n) is 0.962. The molecule has 1 atom stereocenters. The number of hydrogen-bond acceptors (Lipinski definition) is 4. The van der Waals surface area contributed by atoms with Crippen molar-refractivity contribution in [1.29, 1.82) is 0 Å². The summed E-state index contributed by atoms with van der Waals surface area (Å²) in [7, 11) is 0. The summed E-state index contributed by atoms with van der Waals surface area (Å²) in [5.74, 6) is 0. The van der Waals surface area contributed by atoms with Gasteiger partial charge in [0.15, 0.2) is 6.29 Å². The van der Waals surface area contributed by atoms with Crippen LogP contribution in [0.5, 0.6) is 0 Å². The molecule has 1 saturated heterocycles. The molecular weight excluding hydrogens is 132 g/mol. The SMILES string of the molecule is N[C@H](C=O)N1CCOCC1. The van der Waals surface area contributed by atoms with Crippen molar-refractivity contribution in [2.75, 3.05) is 26.3 Å². The number of nitrogens with two attached hydrogens (primary N) is 1. The van der Waals surface area contributed by atoms with Crippen molar-refractivity contribution >= 4 is 6.29 Å². The Morgan fingerprint density at radius 3 is 2.60 bits per heavy atom. The van der Waals surface area contributed by atoms with Crippen LogP contribution in [0.2, 0.25) is 0 Å². The number of rotatable bonds is 2. The minimum atomic E-state index is -0.441. The van der Waals surface area contributed by atoms with Crippen molar-refractivity contribution in [3.05, 3.63) is 0 Å². The molecule has 0 unspecified atom stereocenters. The van der Waals surface area contributed by atoms with Crippen LogP contribution in [0.25, 0.3) is 0 Å². The lowest BCUT2D eigenvalue weighted by atomic mass is 10.4. The molecule has 0 aromatic carbocycles. The lowest BCUT2D eigenvalue weighted by molar-refractivity contribution is -0.113. The Balaban J connectivity index is 2.30. The van der Waals surface area contributed by atoms with Gasteiger partial charge in [-0.05, 0) is 0 Å². The van der Waals surface area contributed by atoms with E-state index in [0.717, 1.165) is 19.4 Å². The van der Waals surface area contributed by atoms with E-state index < -0.39 is 6.17 Å². The van der Waals surface area contributed by atoms with Crippen LogP contribution >= 0.6 is 0 Å². The Labute approximate surface area is 59.9 Å². The Hall–Kier alpha value is -0.450. The van der Waals surface area contributed by atoms with Crippen LogP contribution in [-0.4, -0.2) is 43.7 Å². The molecule has 0 aromatic rings. The number of morpholine rings is 1. The highest BCUT2D eigenvalue weighted by molar-refractivity contribution is 5.56. The molecule has 0 aliphatic carbocycles. The van der Waals surface area contributed by atoms with Gasteiger partial charge in [-0.2, -0.15) is 0 Å². The first-order chi connectivity index (χ1) is 4.84. The molecule has 1 heterocycles. The Morgan fingerprint density at radius 1 is 1.50 bits per heavy atom. The number of carbonyl (C=O) groups is 1. The first-order valence-electron chi connectivity index (χ1n) is 3.37. The standard InChI is InChI=1S/C6H12N2O2/c7-6(5-9)8-1-3-10-4-2-8/h5-6H,1-4,7H2/t6-/m0/s1. The molecular formula is C6H12N2O2. The predicted molar refractivity (Wildman–Crippen MR) is 36.4 cm³/mol. The molecule has 0 bridgehead atoms. The lowest BCUT2D eigenvalue weighted by Crippen LogP contribution is -2.48. The van der Waals surface area contributed by atoms with Crippen LogP contribution in [0.15, 0.2) is 0 Å². The topological polar surface area (TPSA) is 55.6 Å². The monoisotopic (exact) mass is 144 g/mol. The van der Waals surface area contributed by atoms with Crippen LogP contribution in [0.4, 0.5) is 0 Å². The second-order valence-corrected chi connectivity index (χ2v) is 2.28. The van der Waals surface area contributed by atoms with Crippen molar-refractivity contribution in [3.8, 4) is 0 Å². The van der Waals surface area contributed by atoms with E-state index in [4.69, 9.17) is 10.5 Å². The normalized spacial score (nSPS) is 24.1. The molecule has 1 rings (SSSR count). The van der Waals surface area contributed by atoms with Gasteiger partial charge in [0.25, 0.3) is 0 Å². The molecule has 0 saturated carbocycles. The van der Waals surface area contributed by atoms with Crippen LogP contribution in [-0.2, 0) is 9.53 Å². The van der Waals surface area contributed by atoms with E-state index in [0.29, 0.717) is 13.2 Å². The van der Waals surface area contributed by atoms with Crippen LogP contribution < -0.4 is 5.73 Å². The molecule has 1 fully saturated rings. The average Bonchev–Trinajstić information content (AvgIpc) is 2.05. The largest absolute Gasteiger partial charge is 0.379 e. The van der Waals surface area contributed by atoms with Crippen LogP contribution in [0.3, 0.4) is 0 Å². The second kappa shape index (κ2) is 3.65. The van der Waals surface area contributed by atoms with Gasteiger partial charge in [0.1, 0.15) is 6.17 Å². The summed E-state index contributed by atoms with van der Waals surface area (Å²) < 4.78 is 5.08. The van der Waals surface area contributed by atoms with E-state index in [9.17, 15) is 4.79 Å². The first-order valence-corrected chi connectivity index (χ1v) is 3.37. The molecule has 10 heavy (non-hydrogen) atoms. The van der Waals surface area contributed by atoms with E-state index >= 15 is 0 Å². The first kappa shape index (κ1) is 7.65. The number of carbonyl (C=O) groups excluding carboxylic acids is 1. The number of hydrogen-bond donors (Lipinski definition) is 1. The van der Waals surface area contributed by atoms with Crippen molar-refractivity contribution in [2.45, 2.75) is 6.17 Å². The quantitative estimate of drug-likeness (QED) is 0.495. The zero-order valence-electron chi connectivity index (χ0n) is 5.82. The summed E-state index contributed by atoms with van der Waals surface area (Å²) in [5.41, 5.74) is 5.45. The maximum Gasteiger partial charge on any atom is 0.151 e. The highest BCUT2D eigenvalue weighted by atomic mass is 16.5. The van der Waals surface area contributed by atoms with Gasteiger partial charge in [-0.25, -0.2) is 0 Å². The smallest absolute Gasteiger partial charge is 0.151 e. The maximum atomic E-state index is 10.2. The molecule has 4 heteroatoms. The van der Waals surface area contributed by atoms with Gasteiger partial charge in [0, 0.05) is 13.1 Å². The van der Waals surface area contributed by atoms with Gasteiger partial charge in [-0.3, -0.25) is 4.90 Å². The van der Waals surface area contributed by atoms with Gasteiger partial charge < -0.3 is 15.3 Å².